The van der Waals surface area contributed by atoms with E-state index in [0.717, 1.165) is 26.4 Å². The van der Waals surface area contributed by atoms with Crippen molar-refractivity contribution >= 4 is 38.6 Å². The predicted octanol–water partition coefficient (Wildman–Crippen LogP) is 4.34. The van der Waals surface area contributed by atoms with Crippen molar-refractivity contribution in [1.82, 2.24) is 10.2 Å². The van der Waals surface area contributed by atoms with Gasteiger partial charge in [-0.15, -0.1) is 0 Å². The molecule has 152 valence electrons. The number of hydrogen-bond donors (Lipinski definition) is 1. The molecule has 0 spiro atoms. The Kier molecular flexibility index (Phi) is 4.43. The van der Waals surface area contributed by atoms with Crippen LogP contribution >= 0.6 is 15.9 Å². The zero-order valence-corrected chi connectivity index (χ0v) is 17.9. The lowest BCUT2D eigenvalue weighted by Crippen LogP contribution is -2.41. The zero-order valence-electron chi connectivity index (χ0n) is 16.3. The molecule has 3 amide bonds. The molecule has 7 heteroatoms. The number of imide groups is 1. The summed E-state index contributed by atoms with van der Waals surface area (Å²) in [5.41, 5.74) is 0.408. The van der Waals surface area contributed by atoms with E-state index in [4.69, 9.17) is 9.47 Å². The van der Waals surface area contributed by atoms with E-state index in [0.29, 0.717) is 24.7 Å². The van der Waals surface area contributed by atoms with Crippen LogP contribution in [0.5, 0.6) is 11.5 Å². The lowest BCUT2D eigenvalue weighted by Gasteiger charge is -2.24. The van der Waals surface area contributed by atoms with Crippen LogP contribution in [-0.2, 0) is 16.9 Å². The van der Waals surface area contributed by atoms with Gasteiger partial charge in [0.05, 0.1) is 6.54 Å². The Balaban J connectivity index is 1.50. The van der Waals surface area contributed by atoms with E-state index < -0.39 is 11.6 Å². The van der Waals surface area contributed by atoms with Crippen LogP contribution in [0, 0.1) is 0 Å². The maximum atomic E-state index is 13.5. The van der Waals surface area contributed by atoms with E-state index in [1.807, 2.05) is 54.6 Å². The topological polar surface area (TPSA) is 67.9 Å². The number of urea groups is 1. The Bertz CT molecular complexity index is 1190. The van der Waals surface area contributed by atoms with Crippen LogP contribution in [0.15, 0.2) is 59.1 Å². The number of fused-ring (bicyclic) bond motifs is 2. The quantitative estimate of drug-likeness (QED) is 0.582. The fourth-order valence-corrected chi connectivity index (χ4v) is 4.53. The largest absolute Gasteiger partial charge is 0.486 e. The van der Waals surface area contributed by atoms with Gasteiger partial charge in [0.25, 0.3) is 5.91 Å². The summed E-state index contributed by atoms with van der Waals surface area (Å²) >= 11 is 3.52. The highest BCUT2D eigenvalue weighted by Gasteiger charge is 2.49. The molecule has 1 N–H and O–H groups in total. The first-order chi connectivity index (χ1) is 14.5. The fourth-order valence-electron chi connectivity index (χ4n) is 4.08. The fraction of sp³-hybridized carbons (Fsp3) is 0.217. The van der Waals surface area contributed by atoms with Crippen LogP contribution in [0.4, 0.5) is 4.79 Å². The molecule has 0 saturated carbocycles. The van der Waals surface area contributed by atoms with E-state index in [-0.39, 0.29) is 12.5 Å². The van der Waals surface area contributed by atoms with E-state index in [2.05, 4.69) is 21.2 Å². The van der Waals surface area contributed by atoms with E-state index in [9.17, 15) is 9.59 Å². The number of nitrogens with zero attached hydrogens (tertiary/aromatic N) is 1. The second-order valence-electron chi connectivity index (χ2n) is 7.56. The summed E-state index contributed by atoms with van der Waals surface area (Å²) in [6.45, 7) is 2.85. The lowest BCUT2D eigenvalue weighted by molar-refractivity contribution is -0.131. The van der Waals surface area contributed by atoms with Gasteiger partial charge in [0.15, 0.2) is 11.5 Å². The SMILES string of the molecule is C[C@@]1(c2cccc3ccccc23)NC(=O)N(Cc2cc3c(cc2Br)OCCO3)C1=O. The summed E-state index contributed by atoms with van der Waals surface area (Å²) in [5, 5.41) is 4.87. The normalized spacial score (nSPS) is 20.5. The summed E-state index contributed by atoms with van der Waals surface area (Å²) in [6, 6.07) is 16.8. The monoisotopic (exact) mass is 466 g/mol. The third-order valence-corrected chi connectivity index (χ3v) is 6.38. The molecule has 2 aliphatic rings. The number of carbonyl (C=O) groups excluding carboxylic acids is 2. The number of rotatable bonds is 3. The standard InChI is InChI=1S/C23H19BrN2O4/c1-23(17-8-4-6-14-5-2-3-7-16(14)17)21(27)26(22(28)25-23)13-15-11-19-20(12-18(15)24)30-10-9-29-19/h2-8,11-12H,9-10,13H2,1H3,(H,25,28)/t23-/m0/s1. The van der Waals surface area contributed by atoms with Crippen LogP contribution in [-0.4, -0.2) is 30.1 Å². The second-order valence-corrected chi connectivity index (χ2v) is 8.41. The highest BCUT2D eigenvalue weighted by molar-refractivity contribution is 9.10. The van der Waals surface area contributed by atoms with Gasteiger partial charge in [-0.1, -0.05) is 58.4 Å². The molecule has 2 heterocycles. The van der Waals surface area contributed by atoms with Gasteiger partial charge in [0, 0.05) is 4.47 Å². The Hall–Kier alpha value is -3.06. The van der Waals surface area contributed by atoms with Crippen LogP contribution in [0.25, 0.3) is 10.8 Å². The van der Waals surface area contributed by atoms with Crippen molar-refractivity contribution in [2.45, 2.75) is 19.0 Å². The number of hydrogen-bond acceptors (Lipinski definition) is 4. The van der Waals surface area contributed by atoms with Crippen molar-refractivity contribution < 1.29 is 19.1 Å². The average molecular weight is 467 g/mol. The van der Waals surface area contributed by atoms with Gasteiger partial charge in [-0.25, -0.2) is 4.79 Å². The summed E-state index contributed by atoms with van der Waals surface area (Å²) in [4.78, 5) is 27.5. The van der Waals surface area contributed by atoms with Crippen molar-refractivity contribution in [2.75, 3.05) is 13.2 Å². The van der Waals surface area contributed by atoms with Crippen molar-refractivity contribution in [3.63, 3.8) is 0 Å². The molecule has 5 rings (SSSR count). The number of halogens is 1. The molecule has 1 atom stereocenters. The summed E-state index contributed by atoms with van der Waals surface area (Å²) in [6.07, 6.45) is 0. The molecular formula is C23H19BrN2O4. The van der Waals surface area contributed by atoms with Crippen LogP contribution < -0.4 is 14.8 Å². The first kappa shape index (κ1) is 18.9. The van der Waals surface area contributed by atoms with Gasteiger partial charge in [-0.05, 0) is 41.0 Å². The number of ether oxygens (including phenoxy) is 2. The van der Waals surface area contributed by atoms with Crippen molar-refractivity contribution in [2.24, 2.45) is 0 Å². The van der Waals surface area contributed by atoms with Crippen LogP contribution in [0.2, 0.25) is 0 Å². The number of benzene rings is 3. The van der Waals surface area contributed by atoms with Crippen molar-refractivity contribution in [1.29, 1.82) is 0 Å². The first-order valence-corrected chi connectivity index (χ1v) is 10.5. The van der Waals surface area contributed by atoms with Crippen molar-refractivity contribution in [3.05, 3.63) is 70.2 Å². The molecule has 30 heavy (non-hydrogen) atoms. The first-order valence-electron chi connectivity index (χ1n) is 9.68. The van der Waals surface area contributed by atoms with Crippen LogP contribution in [0.3, 0.4) is 0 Å². The van der Waals surface area contributed by atoms with Gasteiger partial charge in [0.2, 0.25) is 0 Å². The Labute approximate surface area is 181 Å². The smallest absolute Gasteiger partial charge is 0.325 e. The highest BCUT2D eigenvalue weighted by Crippen LogP contribution is 2.38. The van der Waals surface area contributed by atoms with Gasteiger partial charge in [-0.3, -0.25) is 9.69 Å². The zero-order chi connectivity index (χ0) is 20.9. The third-order valence-electron chi connectivity index (χ3n) is 5.64. The van der Waals surface area contributed by atoms with E-state index in [1.165, 1.54) is 4.90 Å². The maximum Gasteiger partial charge on any atom is 0.325 e. The van der Waals surface area contributed by atoms with E-state index in [1.54, 1.807) is 6.92 Å². The molecule has 1 fully saturated rings. The highest BCUT2D eigenvalue weighted by atomic mass is 79.9. The van der Waals surface area contributed by atoms with Crippen molar-refractivity contribution in [3.8, 4) is 11.5 Å². The number of nitrogens with one attached hydrogen (secondary N) is 1. The van der Waals surface area contributed by atoms with Gasteiger partial charge >= 0.3 is 6.03 Å². The van der Waals surface area contributed by atoms with E-state index >= 15 is 0 Å². The van der Waals surface area contributed by atoms with Gasteiger partial charge in [0.1, 0.15) is 18.8 Å². The minimum absolute atomic E-state index is 0.127. The number of carbonyl (C=O) groups is 2. The average Bonchev–Trinajstić information content (AvgIpc) is 2.97. The van der Waals surface area contributed by atoms with Crippen LogP contribution in [0.1, 0.15) is 18.1 Å². The summed E-state index contributed by atoms with van der Waals surface area (Å²) < 4.78 is 12.0. The minimum Gasteiger partial charge on any atom is -0.486 e. The van der Waals surface area contributed by atoms with Gasteiger partial charge in [-0.2, -0.15) is 0 Å². The van der Waals surface area contributed by atoms with Gasteiger partial charge < -0.3 is 14.8 Å². The molecule has 3 aromatic carbocycles. The second kappa shape index (κ2) is 7.02. The molecule has 0 aliphatic carbocycles. The molecule has 0 aromatic heterocycles. The molecule has 0 unspecified atom stereocenters. The lowest BCUT2D eigenvalue weighted by atomic mass is 9.88. The third kappa shape index (κ3) is 2.92. The molecule has 2 aliphatic heterocycles. The molecule has 0 bridgehead atoms. The molecule has 3 aromatic rings. The molecule has 0 radical (unpaired) electrons. The summed E-state index contributed by atoms with van der Waals surface area (Å²) in [5.74, 6) is 0.976. The minimum atomic E-state index is -1.14. The molecule has 1 saturated heterocycles. The Morgan fingerprint density at radius 1 is 1.03 bits per heavy atom. The Morgan fingerprint density at radius 3 is 2.53 bits per heavy atom. The Morgan fingerprint density at radius 2 is 1.73 bits per heavy atom. The molecular weight excluding hydrogens is 448 g/mol. The summed E-state index contributed by atoms with van der Waals surface area (Å²) in [7, 11) is 0. The predicted molar refractivity (Wildman–Crippen MR) is 116 cm³/mol. The molecule has 6 nitrogen and oxygen atoms in total. The number of amides is 3. The maximum absolute atomic E-state index is 13.5.